The summed E-state index contributed by atoms with van der Waals surface area (Å²) in [5.41, 5.74) is 0. The molecule has 1 rings (SSSR count). The summed E-state index contributed by atoms with van der Waals surface area (Å²) >= 11 is 9.28. The minimum atomic E-state index is -0.332. The highest BCUT2D eigenvalue weighted by molar-refractivity contribution is 9.10. The normalized spacial score (nSPS) is 14.7. The van der Waals surface area contributed by atoms with Crippen LogP contribution >= 0.6 is 27.5 Å². The fourth-order valence-electron chi connectivity index (χ4n) is 1.32. The Morgan fingerprint density at radius 2 is 2.27 bits per heavy atom. The van der Waals surface area contributed by atoms with Crippen LogP contribution in [-0.4, -0.2) is 22.2 Å². The molecule has 5 heteroatoms. The Bertz CT molecular complexity index is 333. The maximum atomic E-state index is 9.21. The van der Waals surface area contributed by atoms with E-state index in [2.05, 4.69) is 26.2 Å². The smallest absolute Gasteiger partial charge is 0.145 e. The molecule has 0 radical (unpaired) electrons. The van der Waals surface area contributed by atoms with Crippen LogP contribution in [0.2, 0.25) is 5.02 Å². The van der Waals surface area contributed by atoms with Gasteiger partial charge in [0.25, 0.3) is 0 Å². The Morgan fingerprint density at radius 3 is 2.80 bits per heavy atom. The summed E-state index contributed by atoms with van der Waals surface area (Å²) in [6.07, 6.45) is 2.01. The molecule has 0 amide bonds. The summed E-state index contributed by atoms with van der Waals surface area (Å²) in [6, 6.07) is 1.92. The van der Waals surface area contributed by atoms with Crippen molar-refractivity contribution in [2.75, 3.05) is 5.32 Å². The SMILES string of the molecule is CC(O)CC(C)Nc1ncc(Br)cc1Cl. The molecule has 0 aromatic carbocycles. The number of aliphatic hydroxyl groups excluding tert-OH is 1. The molecule has 0 saturated heterocycles. The van der Waals surface area contributed by atoms with Crippen LogP contribution in [0.25, 0.3) is 0 Å². The van der Waals surface area contributed by atoms with E-state index < -0.39 is 0 Å². The highest BCUT2D eigenvalue weighted by atomic mass is 79.9. The topological polar surface area (TPSA) is 45.1 Å². The van der Waals surface area contributed by atoms with Crippen LogP contribution in [0.5, 0.6) is 0 Å². The van der Waals surface area contributed by atoms with Crippen LogP contribution < -0.4 is 5.32 Å². The van der Waals surface area contributed by atoms with E-state index in [-0.39, 0.29) is 12.1 Å². The van der Waals surface area contributed by atoms with Crippen molar-refractivity contribution in [2.24, 2.45) is 0 Å². The summed E-state index contributed by atoms with van der Waals surface area (Å²) in [4.78, 5) is 4.15. The number of rotatable bonds is 4. The molecule has 2 N–H and O–H groups in total. The highest BCUT2D eigenvalue weighted by Gasteiger charge is 2.09. The molecule has 0 aliphatic heterocycles. The van der Waals surface area contributed by atoms with Crippen molar-refractivity contribution >= 4 is 33.3 Å². The van der Waals surface area contributed by atoms with Gasteiger partial charge in [-0.1, -0.05) is 11.6 Å². The van der Waals surface area contributed by atoms with E-state index in [0.29, 0.717) is 17.3 Å². The number of halogens is 2. The average molecular weight is 294 g/mol. The number of anilines is 1. The van der Waals surface area contributed by atoms with Gasteiger partial charge in [0.05, 0.1) is 11.1 Å². The molecule has 3 nitrogen and oxygen atoms in total. The molecule has 2 atom stereocenters. The lowest BCUT2D eigenvalue weighted by atomic mass is 10.1. The number of hydrogen-bond donors (Lipinski definition) is 2. The molecule has 1 aromatic rings. The van der Waals surface area contributed by atoms with Gasteiger partial charge < -0.3 is 10.4 Å². The van der Waals surface area contributed by atoms with Gasteiger partial charge in [-0.05, 0) is 42.3 Å². The first-order valence-corrected chi connectivity index (χ1v) is 5.91. The molecule has 0 bridgehead atoms. The van der Waals surface area contributed by atoms with Crippen molar-refractivity contribution in [1.82, 2.24) is 4.98 Å². The van der Waals surface area contributed by atoms with Crippen molar-refractivity contribution in [3.63, 3.8) is 0 Å². The van der Waals surface area contributed by atoms with Gasteiger partial charge in [0, 0.05) is 16.7 Å². The summed E-state index contributed by atoms with van der Waals surface area (Å²) in [6.45, 7) is 3.74. The Labute approximate surface area is 103 Å². The predicted molar refractivity (Wildman–Crippen MR) is 66.3 cm³/mol. The van der Waals surface area contributed by atoms with Gasteiger partial charge in [-0.2, -0.15) is 0 Å². The van der Waals surface area contributed by atoms with E-state index in [1.165, 1.54) is 0 Å². The van der Waals surface area contributed by atoms with Crippen molar-refractivity contribution in [3.8, 4) is 0 Å². The van der Waals surface area contributed by atoms with E-state index in [9.17, 15) is 5.11 Å². The third kappa shape index (κ3) is 4.36. The third-order valence-corrected chi connectivity index (χ3v) is 2.61. The minimum absolute atomic E-state index is 0.135. The van der Waals surface area contributed by atoms with Gasteiger partial charge in [-0.25, -0.2) is 4.98 Å². The second kappa shape index (κ2) is 5.68. The zero-order chi connectivity index (χ0) is 11.4. The van der Waals surface area contributed by atoms with E-state index in [1.54, 1.807) is 19.2 Å². The fraction of sp³-hybridized carbons (Fsp3) is 0.500. The van der Waals surface area contributed by atoms with Gasteiger partial charge >= 0.3 is 0 Å². The zero-order valence-electron chi connectivity index (χ0n) is 8.67. The minimum Gasteiger partial charge on any atom is -0.393 e. The molecule has 0 aliphatic carbocycles. The fourth-order valence-corrected chi connectivity index (χ4v) is 2.01. The van der Waals surface area contributed by atoms with Crippen LogP contribution in [0.3, 0.4) is 0 Å². The van der Waals surface area contributed by atoms with Crippen molar-refractivity contribution < 1.29 is 5.11 Å². The lowest BCUT2D eigenvalue weighted by Gasteiger charge is -2.16. The van der Waals surface area contributed by atoms with E-state index in [1.807, 2.05) is 6.92 Å². The van der Waals surface area contributed by atoms with Crippen molar-refractivity contribution in [1.29, 1.82) is 0 Å². The summed E-state index contributed by atoms with van der Waals surface area (Å²) in [5, 5.41) is 12.9. The summed E-state index contributed by atoms with van der Waals surface area (Å²) in [5.74, 6) is 0.646. The highest BCUT2D eigenvalue weighted by Crippen LogP contribution is 2.23. The second-order valence-corrected chi connectivity index (χ2v) is 4.94. The Balaban J connectivity index is 2.64. The summed E-state index contributed by atoms with van der Waals surface area (Å²) in [7, 11) is 0. The maximum Gasteiger partial charge on any atom is 0.145 e. The molecule has 1 heterocycles. The van der Waals surface area contributed by atoms with Crippen LogP contribution in [0.15, 0.2) is 16.7 Å². The van der Waals surface area contributed by atoms with Gasteiger partial charge in [0.15, 0.2) is 0 Å². The lowest BCUT2D eigenvalue weighted by Crippen LogP contribution is -2.21. The first-order valence-electron chi connectivity index (χ1n) is 4.74. The van der Waals surface area contributed by atoms with Gasteiger partial charge in [0.2, 0.25) is 0 Å². The molecule has 0 fully saturated rings. The molecule has 0 aliphatic rings. The Morgan fingerprint density at radius 1 is 1.60 bits per heavy atom. The Hall–Kier alpha value is -0.320. The monoisotopic (exact) mass is 292 g/mol. The molecular formula is C10H14BrClN2O. The van der Waals surface area contributed by atoms with Crippen LogP contribution in [0, 0.1) is 0 Å². The van der Waals surface area contributed by atoms with Crippen molar-refractivity contribution in [3.05, 3.63) is 21.8 Å². The third-order valence-electron chi connectivity index (χ3n) is 1.89. The molecule has 0 saturated carbocycles. The van der Waals surface area contributed by atoms with E-state index in [0.717, 1.165) is 4.47 Å². The first kappa shape index (κ1) is 12.7. The predicted octanol–water partition coefficient (Wildman–Crippen LogP) is 3.07. The number of nitrogens with zero attached hydrogens (tertiary/aromatic N) is 1. The van der Waals surface area contributed by atoms with Crippen LogP contribution in [0.4, 0.5) is 5.82 Å². The van der Waals surface area contributed by atoms with Crippen molar-refractivity contribution in [2.45, 2.75) is 32.4 Å². The number of aromatic nitrogens is 1. The van der Waals surface area contributed by atoms with E-state index >= 15 is 0 Å². The molecule has 2 unspecified atom stereocenters. The Kier molecular flexibility index (Phi) is 4.83. The van der Waals surface area contributed by atoms with Gasteiger partial charge in [-0.15, -0.1) is 0 Å². The molecule has 1 aromatic heterocycles. The van der Waals surface area contributed by atoms with Crippen LogP contribution in [-0.2, 0) is 0 Å². The standard InChI is InChI=1S/C10H14BrClN2O/c1-6(3-7(2)15)14-10-9(12)4-8(11)5-13-10/h4-7,15H,3H2,1-2H3,(H,13,14). The summed E-state index contributed by atoms with van der Waals surface area (Å²) < 4.78 is 0.848. The number of hydrogen-bond acceptors (Lipinski definition) is 3. The lowest BCUT2D eigenvalue weighted by molar-refractivity contribution is 0.179. The molecular weight excluding hydrogens is 279 g/mol. The number of pyridine rings is 1. The maximum absolute atomic E-state index is 9.21. The molecule has 0 spiro atoms. The first-order chi connectivity index (χ1) is 6.99. The average Bonchev–Trinajstić information content (AvgIpc) is 2.08. The second-order valence-electron chi connectivity index (χ2n) is 3.61. The largest absolute Gasteiger partial charge is 0.393 e. The molecule has 15 heavy (non-hydrogen) atoms. The van der Waals surface area contributed by atoms with Gasteiger partial charge in [0.1, 0.15) is 5.82 Å². The number of nitrogens with one attached hydrogen (secondary N) is 1. The van der Waals surface area contributed by atoms with Crippen LogP contribution in [0.1, 0.15) is 20.3 Å². The zero-order valence-corrected chi connectivity index (χ0v) is 11.0. The van der Waals surface area contributed by atoms with E-state index in [4.69, 9.17) is 11.6 Å². The quantitative estimate of drug-likeness (QED) is 0.897. The molecule has 84 valence electrons. The number of aliphatic hydroxyl groups is 1. The van der Waals surface area contributed by atoms with Gasteiger partial charge in [-0.3, -0.25) is 0 Å².